The second kappa shape index (κ2) is 18.7. The van der Waals surface area contributed by atoms with E-state index in [4.69, 9.17) is 6.57 Å². The molecule has 7 heteroatoms. The van der Waals surface area contributed by atoms with E-state index in [0.717, 1.165) is 139 Å². The van der Waals surface area contributed by atoms with Gasteiger partial charge in [-0.15, -0.1) is 0 Å². The molecule has 0 aliphatic rings. The van der Waals surface area contributed by atoms with E-state index in [1.165, 1.54) is 12.1 Å². The molecule has 12 rings (SSSR count). The second-order valence-electron chi connectivity index (χ2n) is 21.2. The largest absolute Gasteiger partial charge is 0.415 e. The molecule has 0 bridgehead atoms. The van der Waals surface area contributed by atoms with Gasteiger partial charge in [-0.1, -0.05) is 162 Å². The van der Waals surface area contributed by atoms with Gasteiger partial charge in [0.05, 0.1) is 57.2 Å². The van der Waals surface area contributed by atoms with Crippen LogP contribution in [0.15, 0.2) is 176 Å². The summed E-state index contributed by atoms with van der Waals surface area (Å²) >= 11 is 0. The van der Waals surface area contributed by atoms with Crippen LogP contribution in [-0.2, 0) is 6.18 Å². The lowest BCUT2D eigenvalue weighted by atomic mass is 9.92. The third kappa shape index (κ3) is 8.22. The van der Waals surface area contributed by atoms with Crippen molar-refractivity contribution in [1.29, 1.82) is 5.26 Å². The van der Waals surface area contributed by atoms with E-state index in [9.17, 15) is 5.26 Å². The molecule has 12 aromatic rings. The van der Waals surface area contributed by atoms with Crippen molar-refractivity contribution < 1.29 is 13.2 Å². The fourth-order valence-electron chi connectivity index (χ4n) is 12.2. The molecule has 0 saturated heterocycles. The van der Waals surface area contributed by atoms with Gasteiger partial charge in [0.15, 0.2) is 5.69 Å². The van der Waals surface area contributed by atoms with Crippen molar-refractivity contribution in [3.05, 3.63) is 243 Å². The van der Waals surface area contributed by atoms with Crippen LogP contribution in [0, 0.1) is 73.3 Å². The monoisotopic (exact) mass is 1020 g/mol. The summed E-state index contributed by atoms with van der Waals surface area (Å²) in [6.07, 6.45) is -4.85. The molecule has 2 aromatic heterocycles. The second-order valence-corrected chi connectivity index (χ2v) is 21.2. The van der Waals surface area contributed by atoms with Gasteiger partial charge in [0, 0.05) is 27.1 Å². The Morgan fingerprint density at radius 1 is 0.410 bits per heavy atom. The standard InChI is InChI=1S/C71H53F3N4/c1-40-13-21-53(44(5)29-40)48-17-25-57-58-26-18-49(54-22-14-41(2)30-45(54)6)34-65(58)77(64(57)33-48)68-37-52(39-75)61(70-62(71(72,73)74)11-10-12-63(70)76-9)38-69(68)78-66-35-50(55-23-15-42(3)31-46(55)7)19-27-59(66)60-28-20-51(36-67(60)78)56-24-16-43(4)32-47(56)8/h10-38H,1-8H3. The number of nitriles is 1. The van der Waals surface area contributed by atoms with Gasteiger partial charge in [0.1, 0.15) is 0 Å². The lowest BCUT2D eigenvalue weighted by Crippen LogP contribution is -2.09. The van der Waals surface area contributed by atoms with Crippen LogP contribution in [-0.4, -0.2) is 9.13 Å². The van der Waals surface area contributed by atoms with E-state index in [1.807, 2.05) is 0 Å². The molecule has 0 saturated carbocycles. The summed E-state index contributed by atoms with van der Waals surface area (Å²) in [6, 6.07) is 61.2. The number of benzene rings is 10. The van der Waals surface area contributed by atoms with Gasteiger partial charge in [-0.25, -0.2) is 4.85 Å². The van der Waals surface area contributed by atoms with Crippen molar-refractivity contribution in [1.82, 2.24) is 9.13 Å². The zero-order chi connectivity index (χ0) is 54.5. The summed E-state index contributed by atoms with van der Waals surface area (Å²) < 4.78 is 50.9. The zero-order valence-corrected chi connectivity index (χ0v) is 44.7. The van der Waals surface area contributed by atoms with Gasteiger partial charge in [-0.3, -0.25) is 0 Å². The van der Waals surface area contributed by atoms with Crippen LogP contribution in [0.5, 0.6) is 0 Å². The average molecular weight is 1020 g/mol. The minimum Gasteiger partial charge on any atom is -0.307 e. The van der Waals surface area contributed by atoms with Gasteiger partial charge in [0.2, 0.25) is 0 Å². The molecule has 0 unspecified atom stereocenters. The first-order valence-corrected chi connectivity index (χ1v) is 26.1. The summed E-state index contributed by atoms with van der Waals surface area (Å²) in [4.78, 5) is 3.69. The molecule has 0 amide bonds. The van der Waals surface area contributed by atoms with Crippen LogP contribution >= 0.6 is 0 Å². The highest BCUT2D eigenvalue weighted by Crippen LogP contribution is 2.48. The number of aromatic nitrogens is 2. The first-order chi connectivity index (χ1) is 37.5. The molecule has 0 spiro atoms. The Hall–Kier alpha value is -9.43. The van der Waals surface area contributed by atoms with Crippen LogP contribution in [0.25, 0.3) is 115 Å². The van der Waals surface area contributed by atoms with Crippen molar-refractivity contribution in [2.75, 3.05) is 0 Å². The summed E-state index contributed by atoms with van der Waals surface area (Å²) in [5, 5.41) is 15.2. The Labute approximate surface area is 452 Å². The summed E-state index contributed by atoms with van der Waals surface area (Å²) in [5.74, 6) is 0. The molecule has 78 heavy (non-hydrogen) atoms. The highest BCUT2D eigenvalue weighted by molar-refractivity contribution is 6.14. The number of alkyl halides is 3. The lowest BCUT2D eigenvalue weighted by molar-refractivity contribution is -0.137. The maximum Gasteiger partial charge on any atom is 0.415 e. The third-order valence-corrected chi connectivity index (χ3v) is 15.8. The Morgan fingerprint density at radius 3 is 1.06 bits per heavy atom. The first kappa shape index (κ1) is 49.4. The molecular weight excluding hydrogens is 966 g/mol. The number of fused-ring (bicyclic) bond motifs is 6. The first-order valence-electron chi connectivity index (χ1n) is 26.1. The Kier molecular flexibility index (Phi) is 11.8. The zero-order valence-electron chi connectivity index (χ0n) is 44.7. The normalized spacial score (nSPS) is 11.8. The summed E-state index contributed by atoms with van der Waals surface area (Å²) in [7, 11) is 0. The van der Waals surface area contributed by atoms with E-state index < -0.39 is 11.7 Å². The van der Waals surface area contributed by atoms with Gasteiger partial charge in [0.25, 0.3) is 0 Å². The van der Waals surface area contributed by atoms with Gasteiger partial charge in [-0.05, 0) is 164 Å². The molecule has 0 aliphatic carbocycles. The van der Waals surface area contributed by atoms with Gasteiger partial charge >= 0.3 is 6.18 Å². The van der Waals surface area contributed by atoms with E-state index in [1.54, 1.807) is 12.1 Å². The number of hydrogen-bond donors (Lipinski definition) is 0. The SMILES string of the molecule is [C-]#[N+]c1cccc(C(F)(F)F)c1-c1cc(-n2c3cc(-c4ccc(C)cc4C)ccc3c3ccc(-c4ccc(C)cc4C)cc32)c(-n2c3cc(-c4ccc(C)cc4C)ccc3c3ccc(-c4ccc(C)cc4C)cc32)cc1C#N. The lowest BCUT2D eigenvalue weighted by Gasteiger charge is -2.22. The summed E-state index contributed by atoms with van der Waals surface area (Å²) in [6.45, 7) is 25.1. The number of hydrogen-bond acceptors (Lipinski definition) is 1. The predicted octanol–water partition coefficient (Wildman–Crippen LogP) is 20.1. The molecule has 0 fully saturated rings. The van der Waals surface area contributed by atoms with Gasteiger partial charge < -0.3 is 9.13 Å². The molecule has 4 nitrogen and oxygen atoms in total. The maximum atomic E-state index is 15.5. The van der Waals surface area contributed by atoms with Crippen molar-refractivity contribution in [2.45, 2.75) is 61.6 Å². The Balaban J connectivity index is 1.30. The van der Waals surface area contributed by atoms with Crippen LogP contribution in [0.4, 0.5) is 18.9 Å². The van der Waals surface area contributed by atoms with Crippen LogP contribution in [0.3, 0.4) is 0 Å². The summed E-state index contributed by atoms with van der Waals surface area (Å²) in [5.41, 5.74) is 20.1. The molecule has 0 N–H and O–H groups in total. The number of aryl methyl sites for hydroxylation is 8. The molecule has 378 valence electrons. The van der Waals surface area contributed by atoms with E-state index in [-0.39, 0.29) is 22.4 Å². The van der Waals surface area contributed by atoms with E-state index in [2.05, 4.69) is 221 Å². The van der Waals surface area contributed by atoms with E-state index in [0.29, 0.717) is 11.4 Å². The minimum atomic E-state index is -4.85. The van der Waals surface area contributed by atoms with Crippen molar-refractivity contribution in [3.63, 3.8) is 0 Å². The quantitative estimate of drug-likeness (QED) is 0.147. The van der Waals surface area contributed by atoms with Gasteiger partial charge in [-0.2, -0.15) is 18.4 Å². The van der Waals surface area contributed by atoms with Crippen molar-refractivity contribution in [3.8, 4) is 73.1 Å². The average Bonchev–Trinajstić information content (AvgIpc) is 4.14. The smallest absolute Gasteiger partial charge is 0.307 e. The fourth-order valence-corrected chi connectivity index (χ4v) is 12.2. The number of nitrogens with zero attached hydrogens (tertiary/aromatic N) is 4. The van der Waals surface area contributed by atoms with Crippen molar-refractivity contribution in [2.24, 2.45) is 0 Å². The van der Waals surface area contributed by atoms with Crippen LogP contribution < -0.4 is 0 Å². The van der Waals surface area contributed by atoms with Crippen LogP contribution in [0.2, 0.25) is 0 Å². The highest BCUT2D eigenvalue weighted by atomic mass is 19.4. The Morgan fingerprint density at radius 2 is 0.756 bits per heavy atom. The molecule has 0 radical (unpaired) electrons. The molecule has 2 heterocycles. The molecule has 0 aliphatic heterocycles. The van der Waals surface area contributed by atoms with Crippen molar-refractivity contribution >= 4 is 49.3 Å². The maximum absolute atomic E-state index is 15.5. The molecule has 0 atom stereocenters. The van der Waals surface area contributed by atoms with Crippen LogP contribution in [0.1, 0.15) is 55.6 Å². The molecular formula is C71H53F3N4. The number of rotatable bonds is 7. The topological polar surface area (TPSA) is 38.0 Å². The number of halogens is 3. The predicted molar refractivity (Wildman–Crippen MR) is 316 cm³/mol. The van der Waals surface area contributed by atoms with E-state index >= 15 is 13.2 Å². The fraction of sp³-hybridized carbons (Fsp3) is 0.127. The highest BCUT2D eigenvalue weighted by Gasteiger charge is 2.36. The third-order valence-electron chi connectivity index (χ3n) is 15.8. The molecule has 10 aromatic carbocycles. The Bertz CT molecular complexity index is 4390. The minimum absolute atomic E-state index is 0.00544.